The normalized spacial score (nSPS) is 11.5. The van der Waals surface area contributed by atoms with Crippen molar-refractivity contribution >= 4 is 38.1 Å². The van der Waals surface area contributed by atoms with Gasteiger partial charge in [-0.3, -0.25) is 0 Å². The van der Waals surface area contributed by atoms with E-state index in [1.54, 1.807) is 0 Å². The van der Waals surface area contributed by atoms with Crippen molar-refractivity contribution in [1.82, 2.24) is 24.1 Å². The van der Waals surface area contributed by atoms with Crippen molar-refractivity contribution in [1.29, 1.82) is 0 Å². The van der Waals surface area contributed by atoms with Crippen LogP contribution in [0.5, 0.6) is 0 Å². The summed E-state index contributed by atoms with van der Waals surface area (Å²) < 4.78 is 4.49. The molecule has 0 amide bonds. The van der Waals surface area contributed by atoms with Crippen LogP contribution in [0.4, 0.5) is 0 Å². The number of pyridine rings is 1. The summed E-state index contributed by atoms with van der Waals surface area (Å²) in [6.45, 7) is 0. The van der Waals surface area contributed by atoms with Crippen LogP contribution in [0, 0.1) is 0 Å². The third kappa shape index (κ3) is 5.90. The highest BCUT2D eigenvalue weighted by molar-refractivity contribution is 6.13. The predicted molar refractivity (Wildman–Crippen MR) is 255 cm³/mol. The van der Waals surface area contributed by atoms with Crippen LogP contribution in [0.3, 0.4) is 0 Å². The summed E-state index contributed by atoms with van der Waals surface area (Å²) in [5.41, 5.74) is 15.8. The lowest BCUT2D eigenvalue weighted by molar-refractivity contribution is 0.976. The van der Waals surface area contributed by atoms with Crippen molar-refractivity contribution < 1.29 is 0 Å². The highest BCUT2D eigenvalue weighted by atomic mass is 15.2. The van der Waals surface area contributed by atoms with Gasteiger partial charge in [0.2, 0.25) is 0 Å². The molecule has 62 heavy (non-hydrogen) atoms. The molecule has 0 atom stereocenters. The van der Waals surface area contributed by atoms with E-state index in [0.717, 1.165) is 78.2 Å². The maximum absolute atomic E-state index is 5.21. The minimum atomic E-state index is 0.681. The highest BCUT2D eigenvalue weighted by Crippen LogP contribution is 2.43. The molecule has 0 N–H and O–H groups in total. The monoisotopic (exact) mass is 791 g/mol. The molecule has 290 valence electrons. The molecule has 0 radical (unpaired) electrons. The number of fused-ring (bicyclic) bond motifs is 6. The molecule has 4 heterocycles. The third-order valence-electron chi connectivity index (χ3n) is 12.0. The van der Waals surface area contributed by atoms with Crippen molar-refractivity contribution in [3.8, 4) is 73.1 Å². The smallest absolute Gasteiger partial charge is 0.160 e. The van der Waals surface area contributed by atoms with Crippen LogP contribution in [0.25, 0.3) is 111 Å². The van der Waals surface area contributed by atoms with E-state index in [0.29, 0.717) is 5.82 Å². The fourth-order valence-corrected chi connectivity index (χ4v) is 9.17. The van der Waals surface area contributed by atoms with Crippen molar-refractivity contribution in [3.05, 3.63) is 225 Å². The van der Waals surface area contributed by atoms with Gasteiger partial charge in [0.25, 0.3) is 0 Å². The lowest BCUT2D eigenvalue weighted by Crippen LogP contribution is -2.00. The van der Waals surface area contributed by atoms with E-state index in [1.165, 1.54) is 27.2 Å². The Bertz CT molecular complexity index is 3550. The third-order valence-corrected chi connectivity index (χ3v) is 12.0. The highest BCUT2D eigenvalue weighted by Gasteiger charge is 2.22. The molecule has 8 aromatic carbocycles. The van der Waals surface area contributed by atoms with Gasteiger partial charge in [-0.1, -0.05) is 188 Å². The predicted octanol–water partition coefficient (Wildman–Crippen LogP) is 14.4. The Balaban J connectivity index is 1.02. The first-order valence-electron chi connectivity index (χ1n) is 20.9. The van der Waals surface area contributed by atoms with Crippen LogP contribution in [-0.4, -0.2) is 24.1 Å². The van der Waals surface area contributed by atoms with Gasteiger partial charge in [-0.2, -0.15) is 5.10 Å². The number of rotatable bonds is 7. The second-order valence-corrected chi connectivity index (χ2v) is 15.6. The van der Waals surface area contributed by atoms with Gasteiger partial charge in [0, 0.05) is 55.2 Å². The number of benzene rings is 8. The van der Waals surface area contributed by atoms with E-state index in [-0.39, 0.29) is 0 Å². The van der Waals surface area contributed by atoms with Gasteiger partial charge in [0.05, 0.1) is 39.8 Å². The number of aromatic nitrogens is 5. The van der Waals surface area contributed by atoms with Crippen LogP contribution in [0.15, 0.2) is 225 Å². The Kier molecular flexibility index (Phi) is 8.42. The lowest BCUT2D eigenvalue weighted by atomic mass is 9.91. The summed E-state index contributed by atoms with van der Waals surface area (Å²) in [7, 11) is 0. The molecule has 0 unspecified atom stereocenters. The summed E-state index contributed by atoms with van der Waals surface area (Å²) in [6.07, 6.45) is 2.01. The lowest BCUT2D eigenvalue weighted by Gasteiger charge is -2.18. The van der Waals surface area contributed by atoms with Crippen LogP contribution in [0.1, 0.15) is 0 Å². The molecular formula is C57H37N5. The second-order valence-electron chi connectivity index (χ2n) is 15.6. The van der Waals surface area contributed by atoms with Gasteiger partial charge in [-0.05, 0) is 46.8 Å². The molecular weight excluding hydrogens is 755 g/mol. The second kappa shape index (κ2) is 14.7. The fourth-order valence-electron chi connectivity index (χ4n) is 9.17. The maximum atomic E-state index is 5.21. The van der Waals surface area contributed by atoms with E-state index in [9.17, 15) is 0 Å². The van der Waals surface area contributed by atoms with Gasteiger partial charge < -0.3 is 4.57 Å². The van der Waals surface area contributed by atoms with Crippen molar-refractivity contribution in [2.24, 2.45) is 0 Å². The van der Waals surface area contributed by atoms with Crippen LogP contribution >= 0.6 is 0 Å². The summed E-state index contributed by atoms with van der Waals surface area (Å²) in [5.74, 6) is 0.681. The van der Waals surface area contributed by atoms with Gasteiger partial charge >= 0.3 is 0 Å². The average Bonchev–Trinajstić information content (AvgIpc) is 3.95. The zero-order valence-corrected chi connectivity index (χ0v) is 33.6. The summed E-state index contributed by atoms with van der Waals surface area (Å²) >= 11 is 0. The Hall–Kier alpha value is -8.41. The molecule has 0 aliphatic rings. The summed E-state index contributed by atoms with van der Waals surface area (Å²) in [5, 5.41) is 9.89. The zero-order chi connectivity index (χ0) is 41.0. The first kappa shape index (κ1) is 35.5. The van der Waals surface area contributed by atoms with Crippen LogP contribution in [-0.2, 0) is 0 Å². The van der Waals surface area contributed by atoms with Crippen molar-refractivity contribution in [2.75, 3.05) is 0 Å². The molecule has 0 aliphatic heterocycles. The molecule has 5 nitrogen and oxygen atoms in total. The van der Waals surface area contributed by atoms with E-state index in [2.05, 4.69) is 209 Å². The molecule has 12 aromatic rings. The van der Waals surface area contributed by atoms with E-state index >= 15 is 0 Å². The molecule has 4 aromatic heterocycles. The molecule has 12 rings (SSSR count). The van der Waals surface area contributed by atoms with E-state index in [1.807, 2.05) is 24.4 Å². The summed E-state index contributed by atoms with van der Waals surface area (Å²) in [4.78, 5) is 10.4. The first-order valence-corrected chi connectivity index (χ1v) is 20.9. The number of hydrogen-bond donors (Lipinski definition) is 0. The molecule has 5 heteroatoms. The Morgan fingerprint density at radius 3 is 1.53 bits per heavy atom. The maximum Gasteiger partial charge on any atom is 0.160 e. The quantitative estimate of drug-likeness (QED) is 0.162. The van der Waals surface area contributed by atoms with E-state index < -0.39 is 0 Å². The number of nitrogens with zero attached hydrogens (tertiary/aromatic N) is 5. The fraction of sp³-hybridized carbons (Fsp3) is 0. The SMILES string of the molecule is c1ccc(-c2nc(-c3ccc(-c4c(-c5ccccc5)n5ncc(-c6ccccc6)c5c5ccccc45)cc3)cc(-c3cccc(-n4c5ccccc5c5ccccc54)c3)n2)cc1. The summed E-state index contributed by atoms with van der Waals surface area (Å²) in [6, 6.07) is 77.0. The Morgan fingerprint density at radius 2 is 0.871 bits per heavy atom. The number of hydrogen-bond acceptors (Lipinski definition) is 3. The Labute approximate surface area is 358 Å². The van der Waals surface area contributed by atoms with Crippen molar-refractivity contribution in [3.63, 3.8) is 0 Å². The average molecular weight is 792 g/mol. The standard InChI is InChI=1S/C57H37N5/c1-4-17-38(18-5-1)49-37-58-62-55(41-19-6-2-7-20-41)54(47-27-10-11-28-48(47)56(49)62)40-33-31-39(32-34-40)50-36-51(60-57(59-50)42-21-8-3-9-22-42)43-23-16-24-44(35-43)61-52-29-14-12-25-45(52)46-26-13-15-30-53(46)61/h1-37H. The molecule has 0 saturated carbocycles. The topological polar surface area (TPSA) is 48.0 Å². The zero-order valence-electron chi connectivity index (χ0n) is 33.6. The molecule has 0 saturated heterocycles. The molecule has 0 aliphatic carbocycles. The first-order chi connectivity index (χ1) is 30.8. The van der Waals surface area contributed by atoms with Crippen LogP contribution < -0.4 is 0 Å². The molecule has 0 bridgehead atoms. The van der Waals surface area contributed by atoms with Gasteiger partial charge in [0.1, 0.15) is 0 Å². The van der Waals surface area contributed by atoms with Crippen molar-refractivity contribution in [2.45, 2.75) is 0 Å². The largest absolute Gasteiger partial charge is 0.309 e. The minimum absolute atomic E-state index is 0.681. The van der Waals surface area contributed by atoms with Gasteiger partial charge in [0.15, 0.2) is 5.82 Å². The van der Waals surface area contributed by atoms with Gasteiger partial charge in [-0.15, -0.1) is 0 Å². The molecule has 0 fully saturated rings. The molecule has 0 spiro atoms. The van der Waals surface area contributed by atoms with Crippen LogP contribution in [0.2, 0.25) is 0 Å². The van der Waals surface area contributed by atoms with Gasteiger partial charge in [-0.25, -0.2) is 14.5 Å². The minimum Gasteiger partial charge on any atom is -0.309 e. The van der Waals surface area contributed by atoms with E-state index in [4.69, 9.17) is 15.1 Å². The Morgan fingerprint density at radius 1 is 0.355 bits per heavy atom. The number of para-hydroxylation sites is 2.